The lowest BCUT2D eigenvalue weighted by atomic mass is 10.0. The van der Waals surface area contributed by atoms with Gasteiger partial charge in [-0.15, -0.1) is 0 Å². The summed E-state index contributed by atoms with van der Waals surface area (Å²) < 4.78 is 12.9. The van der Waals surface area contributed by atoms with Crippen LogP contribution < -0.4 is 0 Å². The highest BCUT2D eigenvalue weighted by molar-refractivity contribution is 5.56. The van der Waals surface area contributed by atoms with E-state index in [-0.39, 0.29) is 0 Å². The van der Waals surface area contributed by atoms with Crippen molar-refractivity contribution in [3.05, 3.63) is 0 Å². The second kappa shape index (κ2) is 5.18. The van der Waals surface area contributed by atoms with Crippen LogP contribution in [0.25, 0.3) is 0 Å². The quantitative estimate of drug-likeness (QED) is 0.273. The average Bonchev–Trinajstić information content (AvgIpc) is 2.15. The van der Waals surface area contributed by atoms with E-state index in [9.17, 15) is 4.79 Å². The molecule has 5 N–H and O–H groups in total. The Hall–Kier alpha value is -0.530. The largest absolute Gasteiger partial charge is 0.394 e. The molecule has 0 bridgehead atoms. The molecule has 0 unspecified atom stereocenters. The first-order valence-corrected chi connectivity index (χ1v) is 3.23. The minimum absolute atomic E-state index is 0.824. The van der Waals surface area contributed by atoms with Crippen LogP contribution in [0.3, 0.4) is 0 Å². The van der Waals surface area contributed by atoms with Crippen molar-refractivity contribution in [2.75, 3.05) is 6.61 Å². The molecule has 0 fully saturated rings. The van der Waals surface area contributed by atoms with Crippen molar-refractivity contribution < 1.29 is 31.7 Å². The summed E-state index contributed by atoms with van der Waals surface area (Å²) in [5, 5.41) is 39.2. The van der Waals surface area contributed by atoms with Crippen molar-refractivity contribution in [1.29, 1.82) is 1.43 Å². The number of hydrogen-bond acceptors (Lipinski definition) is 6. The topological polar surface area (TPSA) is 118 Å². The van der Waals surface area contributed by atoms with Crippen LogP contribution in [0, 0.1) is 0 Å². The summed E-state index contributed by atoms with van der Waals surface area (Å²) in [4.78, 5) is 10.4. The van der Waals surface area contributed by atoms with Crippen LogP contribution in [0.4, 0.5) is 0 Å². The number of hydrogen-bond donors (Lipinski definition) is 5. The fourth-order valence-corrected chi connectivity index (χ4v) is 0.584. The van der Waals surface area contributed by atoms with Gasteiger partial charge in [-0.3, -0.25) is 0 Å². The fourth-order valence-electron chi connectivity index (χ4n) is 0.584. The summed E-state index contributed by atoms with van der Waals surface area (Å²) in [6, 6.07) is 0. The third kappa shape index (κ3) is 2.84. The monoisotopic (exact) mass is 182 g/mol. The van der Waals surface area contributed by atoms with Crippen molar-refractivity contribution in [2.45, 2.75) is 24.4 Å². The van der Waals surface area contributed by atoms with Gasteiger partial charge in [0, 0.05) is 0 Å². The number of rotatable bonds is 6. The molecule has 0 rings (SSSR count). The zero-order chi connectivity index (χ0) is 11.3. The zero-order valence-electron chi connectivity index (χ0n) is 8.12. The molecule has 6 heteroatoms. The van der Waals surface area contributed by atoms with Gasteiger partial charge in [-0.05, 0) is 0 Å². The van der Waals surface area contributed by atoms with Crippen LogP contribution in [0.15, 0.2) is 0 Å². The molecular weight excluding hydrogens is 168 g/mol. The number of aliphatic hydroxyl groups excluding tert-OH is 5. The molecule has 0 saturated heterocycles. The minimum atomic E-state index is -1.93. The van der Waals surface area contributed by atoms with Crippen LogP contribution >= 0.6 is 0 Å². The van der Waals surface area contributed by atoms with Gasteiger partial charge in [0.25, 0.3) is 0 Å². The lowest BCUT2D eigenvalue weighted by molar-refractivity contribution is -0.136. The second-order valence-electron chi connectivity index (χ2n) is 2.27. The molecule has 0 aromatic carbocycles. The maximum atomic E-state index is 10.4. The van der Waals surface area contributed by atoms with Gasteiger partial charge in [0.15, 0.2) is 6.26 Å². The molecule has 0 spiro atoms. The van der Waals surface area contributed by atoms with Crippen molar-refractivity contribution in [1.82, 2.24) is 0 Å². The summed E-state index contributed by atoms with van der Waals surface area (Å²) in [5.74, 6) is 0. The van der Waals surface area contributed by atoms with Crippen LogP contribution in [0.5, 0.6) is 0 Å². The van der Waals surface area contributed by atoms with Gasteiger partial charge in [-0.1, -0.05) is 0 Å². The molecular formula is C6H12O6. The van der Waals surface area contributed by atoms with E-state index < -0.39 is 37.3 Å². The molecule has 0 aliphatic heterocycles. The van der Waals surface area contributed by atoms with Crippen molar-refractivity contribution in [2.24, 2.45) is 0 Å². The molecule has 12 heavy (non-hydrogen) atoms. The first-order chi connectivity index (χ1) is 6.45. The highest BCUT2D eigenvalue weighted by Gasteiger charge is 2.29. The Morgan fingerprint density at radius 3 is 2.33 bits per heavy atom. The lowest BCUT2D eigenvalue weighted by Crippen LogP contribution is -2.46. The number of aldehydes is 1. The van der Waals surface area contributed by atoms with Crippen LogP contribution in [-0.4, -0.2) is 64.3 Å². The van der Waals surface area contributed by atoms with Gasteiger partial charge < -0.3 is 30.3 Å². The predicted molar refractivity (Wildman–Crippen MR) is 37.2 cm³/mol. The zero-order valence-corrected chi connectivity index (χ0v) is 6.12. The third-order valence-corrected chi connectivity index (χ3v) is 1.36. The first-order valence-electron chi connectivity index (χ1n) is 4.14. The van der Waals surface area contributed by atoms with Crippen molar-refractivity contribution in [3.8, 4) is 0 Å². The molecule has 0 aliphatic carbocycles. The van der Waals surface area contributed by atoms with E-state index in [4.69, 9.17) is 23.2 Å². The Kier molecular flexibility index (Phi) is 3.49. The van der Waals surface area contributed by atoms with Gasteiger partial charge in [-0.25, -0.2) is 0 Å². The molecule has 0 heterocycles. The van der Waals surface area contributed by atoms with Crippen LogP contribution in [0.1, 0.15) is 1.37 Å². The Labute approximate surface area is 71.6 Å². The van der Waals surface area contributed by atoms with Gasteiger partial charge in [0.2, 0.25) is 1.43 Å². The van der Waals surface area contributed by atoms with Crippen LogP contribution in [0.2, 0.25) is 0 Å². The molecule has 0 aromatic rings. The summed E-state index contributed by atoms with van der Waals surface area (Å²) in [6.45, 7) is -0.824. The highest BCUT2D eigenvalue weighted by Crippen LogP contribution is 2.02. The van der Waals surface area contributed by atoms with Gasteiger partial charge in [-0.2, -0.15) is 0 Å². The standard InChI is InChI=1S/C6H12O6/c7-1-3(9)5(11)6(12)4(10)2-8/h1,3-6,8-12H,2H2/t3-,4+,5+,6+/m0/s1/i1D,9D. The molecule has 4 atom stereocenters. The summed E-state index contributed by atoms with van der Waals surface area (Å²) in [6.07, 6.45) is -8.73. The number of aliphatic hydroxyl groups is 5. The smallest absolute Gasteiger partial charge is 0.211 e. The maximum Gasteiger partial charge on any atom is 0.211 e. The van der Waals surface area contributed by atoms with E-state index in [1.165, 1.54) is 0 Å². The maximum absolute atomic E-state index is 10.4. The molecule has 0 radical (unpaired) electrons. The molecule has 0 amide bonds. The van der Waals surface area contributed by atoms with E-state index in [1.54, 1.807) is 0 Å². The van der Waals surface area contributed by atoms with Crippen molar-refractivity contribution >= 4 is 6.26 Å². The lowest BCUT2D eigenvalue weighted by Gasteiger charge is -2.22. The average molecular weight is 182 g/mol. The molecule has 0 aromatic heterocycles. The fraction of sp³-hybridized carbons (Fsp3) is 0.833. The normalized spacial score (nSPS) is 23.3. The van der Waals surface area contributed by atoms with Gasteiger partial charge in [0.05, 0.1) is 6.61 Å². The molecule has 0 aliphatic rings. The third-order valence-electron chi connectivity index (χ3n) is 1.36. The first kappa shape index (κ1) is 8.09. The Morgan fingerprint density at radius 2 is 2.00 bits per heavy atom. The molecule has 0 saturated carbocycles. The molecule has 72 valence electrons. The van der Waals surface area contributed by atoms with E-state index in [0.29, 0.717) is 0 Å². The number of carbonyl (C=O) groups is 1. The Morgan fingerprint density at radius 1 is 1.42 bits per heavy atom. The minimum Gasteiger partial charge on any atom is -0.394 e. The van der Waals surface area contributed by atoms with E-state index in [0.717, 1.165) is 0 Å². The van der Waals surface area contributed by atoms with Gasteiger partial charge in [0.1, 0.15) is 25.8 Å². The second-order valence-corrected chi connectivity index (χ2v) is 2.27. The summed E-state index contributed by atoms with van der Waals surface area (Å²) >= 11 is 0. The van der Waals surface area contributed by atoms with Crippen LogP contribution in [-0.2, 0) is 4.79 Å². The van der Waals surface area contributed by atoms with Crippen molar-refractivity contribution in [3.63, 3.8) is 0 Å². The van der Waals surface area contributed by atoms with E-state index in [2.05, 4.69) is 5.11 Å². The molecule has 6 nitrogen and oxygen atoms in total. The predicted octanol–water partition coefficient (Wildman–Crippen LogP) is -3.38. The van der Waals surface area contributed by atoms with E-state index in [1.807, 2.05) is 0 Å². The summed E-state index contributed by atoms with van der Waals surface area (Å²) in [5.41, 5.74) is 0. The Balaban J connectivity index is 4.41. The van der Waals surface area contributed by atoms with Gasteiger partial charge >= 0.3 is 0 Å². The number of carbonyl (C=O) groups excluding carboxylic acids is 1. The highest BCUT2D eigenvalue weighted by atomic mass is 16.4. The SMILES string of the molecule is [2H]O[C@@H](C([2H])=O)[C@@H](O)[C@H](O)[C@H](O)CO. The van der Waals surface area contributed by atoms with E-state index >= 15 is 0 Å². The summed E-state index contributed by atoms with van der Waals surface area (Å²) in [7, 11) is 0. The Bertz CT molecular complexity index is 189.